The quantitative estimate of drug-likeness (QED) is 0.878. The Hall–Kier alpha value is -2.01. The van der Waals surface area contributed by atoms with Crippen LogP contribution in [-0.4, -0.2) is 23.6 Å². The monoisotopic (exact) mass is 274 g/mol. The van der Waals surface area contributed by atoms with Gasteiger partial charge in [0.1, 0.15) is 0 Å². The first-order chi connectivity index (χ1) is 9.76. The van der Waals surface area contributed by atoms with E-state index in [9.17, 15) is 4.39 Å². The highest BCUT2D eigenvalue weighted by molar-refractivity contribution is 5.43. The van der Waals surface area contributed by atoms with E-state index >= 15 is 0 Å². The second kappa shape index (κ2) is 6.96. The SMILES string of the molecule is CCN(Cc1ccncc1)c1nccc(CNC)c1F. The molecule has 2 aromatic rings. The molecule has 0 aromatic carbocycles. The number of aromatic nitrogens is 2. The van der Waals surface area contributed by atoms with E-state index in [4.69, 9.17) is 0 Å². The molecular formula is C15H19FN4. The summed E-state index contributed by atoms with van der Waals surface area (Å²) < 4.78 is 14.4. The van der Waals surface area contributed by atoms with E-state index in [2.05, 4.69) is 15.3 Å². The van der Waals surface area contributed by atoms with Gasteiger partial charge in [0.15, 0.2) is 11.6 Å². The lowest BCUT2D eigenvalue weighted by atomic mass is 10.2. The van der Waals surface area contributed by atoms with Crippen molar-refractivity contribution in [2.45, 2.75) is 20.0 Å². The lowest BCUT2D eigenvalue weighted by Crippen LogP contribution is -2.25. The molecule has 0 atom stereocenters. The van der Waals surface area contributed by atoms with Gasteiger partial charge < -0.3 is 10.2 Å². The van der Waals surface area contributed by atoms with E-state index in [0.717, 1.165) is 5.56 Å². The van der Waals surface area contributed by atoms with Crippen LogP contribution in [0.2, 0.25) is 0 Å². The summed E-state index contributed by atoms with van der Waals surface area (Å²) in [6.45, 7) is 3.79. The number of rotatable bonds is 6. The Labute approximate surface area is 118 Å². The van der Waals surface area contributed by atoms with E-state index in [1.54, 1.807) is 31.7 Å². The fourth-order valence-electron chi connectivity index (χ4n) is 2.06. The van der Waals surface area contributed by atoms with Crippen LogP contribution in [-0.2, 0) is 13.1 Å². The van der Waals surface area contributed by atoms with Gasteiger partial charge >= 0.3 is 0 Å². The van der Waals surface area contributed by atoms with Crippen LogP contribution in [0.5, 0.6) is 0 Å². The van der Waals surface area contributed by atoms with Crippen LogP contribution in [0, 0.1) is 5.82 Å². The fourth-order valence-corrected chi connectivity index (χ4v) is 2.06. The van der Waals surface area contributed by atoms with Crippen molar-refractivity contribution in [2.75, 3.05) is 18.5 Å². The molecule has 2 aromatic heterocycles. The first-order valence-electron chi connectivity index (χ1n) is 6.68. The lowest BCUT2D eigenvalue weighted by molar-refractivity contribution is 0.585. The van der Waals surface area contributed by atoms with E-state index in [0.29, 0.717) is 31.0 Å². The second-order valence-corrected chi connectivity index (χ2v) is 4.51. The van der Waals surface area contributed by atoms with Crippen molar-refractivity contribution in [2.24, 2.45) is 0 Å². The van der Waals surface area contributed by atoms with Crippen molar-refractivity contribution < 1.29 is 4.39 Å². The number of pyridine rings is 2. The van der Waals surface area contributed by atoms with E-state index in [1.807, 2.05) is 24.0 Å². The molecule has 0 bridgehead atoms. The highest BCUT2D eigenvalue weighted by Gasteiger charge is 2.15. The Morgan fingerprint density at radius 3 is 2.60 bits per heavy atom. The van der Waals surface area contributed by atoms with Gasteiger partial charge in [-0.3, -0.25) is 4.98 Å². The van der Waals surface area contributed by atoms with Crippen molar-refractivity contribution >= 4 is 5.82 Å². The normalized spacial score (nSPS) is 10.6. The predicted octanol–water partition coefficient (Wildman–Crippen LogP) is 2.36. The third-order valence-corrected chi connectivity index (χ3v) is 3.12. The second-order valence-electron chi connectivity index (χ2n) is 4.51. The highest BCUT2D eigenvalue weighted by atomic mass is 19.1. The van der Waals surface area contributed by atoms with Gasteiger partial charge in [-0.25, -0.2) is 9.37 Å². The fraction of sp³-hybridized carbons (Fsp3) is 0.333. The van der Waals surface area contributed by atoms with Crippen LogP contribution >= 0.6 is 0 Å². The highest BCUT2D eigenvalue weighted by Crippen LogP contribution is 2.21. The predicted molar refractivity (Wildman–Crippen MR) is 77.9 cm³/mol. The summed E-state index contributed by atoms with van der Waals surface area (Å²) in [7, 11) is 1.80. The molecular weight excluding hydrogens is 255 g/mol. The molecule has 0 aliphatic rings. The molecule has 2 rings (SSSR count). The zero-order valence-corrected chi connectivity index (χ0v) is 11.8. The van der Waals surface area contributed by atoms with Gasteiger partial charge in [-0.15, -0.1) is 0 Å². The Morgan fingerprint density at radius 1 is 1.20 bits per heavy atom. The molecule has 0 aliphatic carbocycles. The summed E-state index contributed by atoms with van der Waals surface area (Å²) in [6, 6.07) is 5.56. The molecule has 0 saturated heterocycles. The van der Waals surface area contributed by atoms with Crippen LogP contribution in [0.1, 0.15) is 18.1 Å². The number of hydrogen-bond donors (Lipinski definition) is 1. The Kier molecular flexibility index (Phi) is 5.01. The smallest absolute Gasteiger partial charge is 0.170 e. The van der Waals surface area contributed by atoms with Gasteiger partial charge in [-0.1, -0.05) is 0 Å². The molecule has 1 N–H and O–H groups in total. The van der Waals surface area contributed by atoms with Gasteiger partial charge in [0.25, 0.3) is 0 Å². The van der Waals surface area contributed by atoms with Crippen LogP contribution < -0.4 is 10.2 Å². The van der Waals surface area contributed by atoms with Gasteiger partial charge in [0.2, 0.25) is 0 Å². The summed E-state index contributed by atoms with van der Waals surface area (Å²) in [5.74, 6) is 0.148. The largest absolute Gasteiger partial charge is 0.350 e. The molecule has 0 saturated carbocycles. The molecule has 0 aliphatic heterocycles. The van der Waals surface area contributed by atoms with Crippen molar-refractivity contribution in [1.82, 2.24) is 15.3 Å². The van der Waals surface area contributed by atoms with Crippen LogP contribution in [0.25, 0.3) is 0 Å². The van der Waals surface area contributed by atoms with Crippen molar-refractivity contribution in [3.8, 4) is 0 Å². The molecule has 106 valence electrons. The first-order valence-corrected chi connectivity index (χ1v) is 6.68. The average molecular weight is 274 g/mol. The van der Waals surface area contributed by atoms with Gasteiger partial charge in [-0.05, 0) is 37.7 Å². The Balaban J connectivity index is 2.25. The minimum atomic E-state index is -0.252. The maximum atomic E-state index is 14.4. The number of nitrogens with zero attached hydrogens (tertiary/aromatic N) is 3. The molecule has 2 heterocycles. The Morgan fingerprint density at radius 2 is 1.95 bits per heavy atom. The number of anilines is 1. The maximum absolute atomic E-state index is 14.4. The number of halogens is 1. The van der Waals surface area contributed by atoms with Gasteiger partial charge in [0, 0.05) is 43.8 Å². The third kappa shape index (κ3) is 3.30. The molecule has 20 heavy (non-hydrogen) atoms. The van der Waals surface area contributed by atoms with Crippen LogP contribution in [0.4, 0.5) is 10.2 Å². The molecule has 0 unspecified atom stereocenters. The summed E-state index contributed by atoms with van der Waals surface area (Å²) in [5.41, 5.74) is 1.72. The Bertz CT molecular complexity index is 545. The maximum Gasteiger partial charge on any atom is 0.170 e. The van der Waals surface area contributed by atoms with Crippen molar-refractivity contribution in [3.63, 3.8) is 0 Å². The molecule has 4 nitrogen and oxygen atoms in total. The standard InChI is InChI=1S/C15H19FN4/c1-3-20(11-12-4-7-18-8-5-12)15-14(16)13(10-17-2)6-9-19-15/h4-9,17H,3,10-11H2,1-2H3. The van der Waals surface area contributed by atoms with E-state index in [-0.39, 0.29) is 5.82 Å². The van der Waals surface area contributed by atoms with Crippen molar-refractivity contribution in [3.05, 3.63) is 53.7 Å². The third-order valence-electron chi connectivity index (χ3n) is 3.12. The van der Waals surface area contributed by atoms with E-state index in [1.165, 1.54) is 0 Å². The molecule has 0 spiro atoms. The van der Waals surface area contributed by atoms with Crippen LogP contribution in [0.15, 0.2) is 36.8 Å². The average Bonchev–Trinajstić information content (AvgIpc) is 2.49. The van der Waals surface area contributed by atoms with E-state index < -0.39 is 0 Å². The number of nitrogens with one attached hydrogen (secondary N) is 1. The molecule has 0 amide bonds. The number of hydrogen-bond acceptors (Lipinski definition) is 4. The molecule has 0 fully saturated rings. The first kappa shape index (κ1) is 14.4. The molecule has 0 radical (unpaired) electrons. The zero-order chi connectivity index (χ0) is 14.4. The summed E-state index contributed by atoms with van der Waals surface area (Å²) in [4.78, 5) is 10.1. The van der Waals surface area contributed by atoms with Gasteiger partial charge in [-0.2, -0.15) is 0 Å². The summed E-state index contributed by atoms with van der Waals surface area (Å²) in [6.07, 6.45) is 5.13. The lowest BCUT2D eigenvalue weighted by Gasteiger charge is -2.23. The van der Waals surface area contributed by atoms with Crippen molar-refractivity contribution in [1.29, 1.82) is 0 Å². The van der Waals surface area contributed by atoms with Gasteiger partial charge in [0.05, 0.1) is 0 Å². The minimum absolute atomic E-state index is 0.252. The minimum Gasteiger partial charge on any atom is -0.350 e. The molecule has 5 heteroatoms. The zero-order valence-electron chi connectivity index (χ0n) is 11.8. The van der Waals surface area contributed by atoms with Crippen LogP contribution in [0.3, 0.4) is 0 Å². The summed E-state index contributed by atoms with van der Waals surface area (Å²) in [5, 5.41) is 2.96. The summed E-state index contributed by atoms with van der Waals surface area (Å²) >= 11 is 0. The topological polar surface area (TPSA) is 41.1 Å².